The molecular formula is C25H31IN4O3. The molecule has 0 saturated carbocycles. The zero-order valence-electron chi connectivity index (χ0n) is 19.0. The summed E-state index contributed by atoms with van der Waals surface area (Å²) in [6.07, 6.45) is 1.71. The van der Waals surface area contributed by atoms with Crippen LogP contribution in [-0.2, 0) is 26.2 Å². The summed E-state index contributed by atoms with van der Waals surface area (Å²) in [5, 5.41) is 6.79. The molecule has 0 saturated heterocycles. The van der Waals surface area contributed by atoms with Crippen LogP contribution in [0.3, 0.4) is 0 Å². The molecule has 2 N–H and O–H groups in total. The van der Waals surface area contributed by atoms with E-state index in [2.05, 4.69) is 53.8 Å². The Balaban J connectivity index is 0.00000306. The predicted octanol–water partition coefficient (Wildman–Crippen LogP) is 4.51. The first-order valence-electron chi connectivity index (χ1n) is 10.9. The Labute approximate surface area is 212 Å². The van der Waals surface area contributed by atoms with Crippen molar-refractivity contribution in [3.63, 3.8) is 0 Å². The zero-order valence-corrected chi connectivity index (χ0v) is 21.4. The third kappa shape index (κ3) is 7.13. The molecule has 0 unspecified atom stereocenters. The van der Waals surface area contributed by atoms with Crippen LogP contribution in [0.25, 0.3) is 0 Å². The molecule has 0 fully saturated rings. The highest BCUT2D eigenvalue weighted by molar-refractivity contribution is 14.0. The Morgan fingerprint density at radius 2 is 1.79 bits per heavy atom. The van der Waals surface area contributed by atoms with Crippen molar-refractivity contribution in [3.8, 4) is 11.5 Å². The van der Waals surface area contributed by atoms with Crippen molar-refractivity contribution in [3.05, 3.63) is 83.3 Å². The molecule has 0 bridgehead atoms. The van der Waals surface area contributed by atoms with E-state index in [-0.39, 0.29) is 30.8 Å². The number of benzene rings is 2. The first-order valence-corrected chi connectivity index (χ1v) is 10.9. The second-order valence-electron chi connectivity index (χ2n) is 7.76. The van der Waals surface area contributed by atoms with Crippen LogP contribution in [0.15, 0.2) is 70.3 Å². The number of rotatable bonds is 9. The van der Waals surface area contributed by atoms with Crippen LogP contribution in [0, 0.1) is 0 Å². The molecule has 1 aliphatic heterocycles. The van der Waals surface area contributed by atoms with Gasteiger partial charge in [-0.25, -0.2) is 4.99 Å². The van der Waals surface area contributed by atoms with Crippen LogP contribution in [0.2, 0.25) is 0 Å². The smallest absolute Gasteiger partial charge is 0.231 e. The van der Waals surface area contributed by atoms with Crippen molar-refractivity contribution < 1.29 is 13.9 Å². The van der Waals surface area contributed by atoms with Gasteiger partial charge >= 0.3 is 0 Å². The van der Waals surface area contributed by atoms with Gasteiger partial charge in [0.15, 0.2) is 17.5 Å². The number of guanidine groups is 1. The summed E-state index contributed by atoms with van der Waals surface area (Å²) in [4.78, 5) is 6.99. The van der Waals surface area contributed by atoms with Crippen LogP contribution in [0.5, 0.6) is 11.5 Å². The average molecular weight is 562 g/mol. The first kappa shape index (κ1) is 24.9. The molecule has 176 valence electrons. The molecule has 2 aromatic carbocycles. The molecule has 0 atom stereocenters. The van der Waals surface area contributed by atoms with Crippen molar-refractivity contribution >= 4 is 29.9 Å². The summed E-state index contributed by atoms with van der Waals surface area (Å²) in [6, 6.07) is 18.3. The molecule has 0 spiro atoms. The third-order valence-electron chi connectivity index (χ3n) is 5.21. The Bertz CT molecular complexity index is 1040. The second kappa shape index (κ2) is 12.5. The van der Waals surface area contributed by atoms with E-state index >= 15 is 0 Å². The molecule has 2 heterocycles. The highest BCUT2D eigenvalue weighted by Gasteiger charge is 2.13. The maximum atomic E-state index is 5.47. The number of halogens is 1. The van der Waals surface area contributed by atoms with E-state index in [9.17, 15) is 0 Å². The van der Waals surface area contributed by atoms with Gasteiger partial charge in [0.05, 0.1) is 19.4 Å². The Hall–Kier alpha value is -2.72. The lowest BCUT2D eigenvalue weighted by Gasteiger charge is -2.19. The van der Waals surface area contributed by atoms with Gasteiger partial charge < -0.3 is 24.5 Å². The van der Waals surface area contributed by atoms with Gasteiger partial charge in [0.1, 0.15) is 5.76 Å². The van der Waals surface area contributed by atoms with Crippen LogP contribution >= 0.6 is 24.0 Å². The van der Waals surface area contributed by atoms with E-state index in [1.165, 1.54) is 11.1 Å². The van der Waals surface area contributed by atoms with Gasteiger partial charge in [-0.2, -0.15) is 0 Å². The van der Waals surface area contributed by atoms with Crippen molar-refractivity contribution in [1.82, 2.24) is 15.5 Å². The van der Waals surface area contributed by atoms with Crippen LogP contribution in [0.4, 0.5) is 0 Å². The minimum Gasteiger partial charge on any atom is -0.468 e. The topological polar surface area (TPSA) is 71.3 Å². The molecule has 3 aromatic rings. The van der Waals surface area contributed by atoms with Crippen molar-refractivity contribution in [2.24, 2.45) is 4.99 Å². The van der Waals surface area contributed by atoms with Gasteiger partial charge in [-0.1, -0.05) is 30.3 Å². The Morgan fingerprint density at radius 1 is 0.970 bits per heavy atom. The molecule has 0 amide bonds. The fraction of sp³-hybridized carbons (Fsp3) is 0.320. The molecule has 33 heavy (non-hydrogen) atoms. The van der Waals surface area contributed by atoms with Crippen molar-refractivity contribution in [1.29, 1.82) is 0 Å². The number of nitrogens with one attached hydrogen (secondary N) is 2. The second-order valence-corrected chi connectivity index (χ2v) is 7.76. The molecule has 4 rings (SSSR count). The number of furan rings is 1. The summed E-state index contributed by atoms with van der Waals surface area (Å²) in [5.74, 6) is 3.32. The lowest BCUT2D eigenvalue weighted by Crippen LogP contribution is -2.37. The lowest BCUT2D eigenvalue weighted by atomic mass is 10.1. The monoisotopic (exact) mass is 562 g/mol. The molecule has 0 radical (unpaired) electrons. The fourth-order valence-electron chi connectivity index (χ4n) is 3.63. The van der Waals surface area contributed by atoms with E-state index in [0.717, 1.165) is 48.4 Å². The normalized spacial score (nSPS) is 12.5. The first-order chi connectivity index (χ1) is 15.7. The molecule has 8 heteroatoms. The van der Waals surface area contributed by atoms with E-state index in [4.69, 9.17) is 18.9 Å². The Kier molecular flexibility index (Phi) is 9.44. The van der Waals surface area contributed by atoms with Gasteiger partial charge in [0.2, 0.25) is 6.79 Å². The van der Waals surface area contributed by atoms with E-state index in [0.29, 0.717) is 13.1 Å². The molecular weight excluding hydrogens is 531 g/mol. The van der Waals surface area contributed by atoms with E-state index in [1.807, 2.05) is 30.3 Å². The summed E-state index contributed by atoms with van der Waals surface area (Å²) in [5.41, 5.74) is 3.60. The van der Waals surface area contributed by atoms with Crippen LogP contribution in [0.1, 0.15) is 29.4 Å². The maximum absolute atomic E-state index is 5.47. The molecule has 0 aliphatic carbocycles. The van der Waals surface area contributed by atoms with Gasteiger partial charge in [0, 0.05) is 19.6 Å². The average Bonchev–Trinajstić information content (AvgIpc) is 3.48. The standard InChI is InChI=1S/C25H30N4O3.HI/c1-3-26-25(27-14-19-10-11-23-24(13-19)32-18-31-23)28-15-20-7-4-5-8-21(20)16-29(2)17-22-9-6-12-30-22;/h4-13H,3,14-18H2,1-2H3,(H2,26,27,28);1H. The number of aliphatic imine (C=N–C) groups is 1. The van der Waals surface area contributed by atoms with Gasteiger partial charge in [0.25, 0.3) is 0 Å². The van der Waals surface area contributed by atoms with Crippen molar-refractivity contribution in [2.75, 3.05) is 20.4 Å². The SMILES string of the molecule is CCNC(=NCc1ccc2c(c1)OCO2)NCc1ccccc1CN(C)Cc1ccco1.I. The largest absolute Gasteiger partial charge is 0.468 e. The highest BCUT2D eigenvalue weighted by atomic mass is 127. The van der Waals surface area contributed by atoms with E-state index in [1.54, 1.807) is 6.26 Å². The number of hydrogen-bond donors (Lipinski definition) is 2. The highest BCUT2D eigenvalue weighted by Crippen LogP contribution is 2.32. The molecule has 1 aliphatic rings. The van der Waals surface area contributed by atoms with Gasteiger partial charge in [-0.15, -0.1) is 24.0 Å². The Morgan fingerprint density at radius 3 is 2.58 bits per heavy atom. The molecule has 7 nitrogen and oxygen atoms in total. The van der Waals surface area contributed by atoms with E-state index < -0.39 is 0 Å². The number of hydrogen-bond acceptors (Lipinski definition) is 5. The van der Waals surface area contributed by atoms with Crippen LogP contribution in [-0.4, -0.2) is 31.2 Å². The quantitative estimate of drug-likeness (QED) is 0.227. The summed E-state index contributed by atoms with van der Waals surface area (Å²) in [6.45, 7) is 5.99. The third-order valence-corrected chi connectivity index (χ3v) is 5.21. The number of ether oxygens (including phenoxy) is 2. The number of nitrogens with zero attached hydrogens (tertiary/aromatic N) is 2. The van der Waals surface area contributed by atoms with Crippen LogP contribution < -0.4 is 20.1 Å². The molecule has 1 aromatic heterocycles. The summed E-state index contributed by atoms with van der Waals surface area (Å²) in [7, 11) is 2.10. The summed E-state index contributed by atoms with van der Waals surface area (Å²) >= 11 is 0. The van der Waals surface area contributed by atoms with Gasteiger partial charge in [-0.05, 0) is 54.9 Å². The minimum atomic E-state index is 0. The maximum Gasteiger partial charge on any atom is 0.231 e. The zero-order chi connectivity index (χ0) is 22.2. The summed E-state index contributed by atoms with van der Waals surface area (Å²) < 4.78 is 16.3. The lowest BCUT2D eigenvalue weighted by molar-refractivity contribution is 0.174. The minimum absolute atomic E-state index is 0. The van der Waals surface area contributed by atoms with Gasteiger partial charge in [-0.3, -0.25) is 4.90 Å². The number of fused-ring (bicyclic) bond motifs is 1. The van der Waals surface area contributed by atoms with Crippen molar-refractivity contribution in [2.45, 2.75) is 33.1 Å². The fourth-order valence-corrected chi connectivity index (χ4v) is 3.63. The predicted molar refractivity (Wildman–Crippen MR) is 140 cm³/mol.